The van der Waals surface area contributed by atoms with Crippen LogP contribution in [0.1, 0.15) is 39.0 Å². The molecule has 2 heterocycles. The van der Waals surface area contributed by atoms with Gasteiger partial charge in [0.25, 0.3) is 0 Å². The summed E-state index contributed by atoms with van der Waals surface area (Å²) >= 11 is 0. The molecule has 2 spiro atoms. The van der Waals surface area contributed by atoms with Crippen molar-refractivity contribution in [2.75, 3.05) is 6.61 Å². The molecule has 1 fully saturated rings. The van der Waals surface area contributed by atoms with Crippen molar-refractivity contribution < 1.29 is 14.3 Å². The normalized spacial score (nSPS) is 33.1. The Hall–Kier alpha value is -2.50. The maximum absolute atomic E-state index is 13.1. The smallest absolute Gasteiger partial charge is 0.339 e. The number of nitrogens with two attached hydrogens (primary N) is 1. The van der Waals surface area contributed by atoms with E-state index in [1.165, 1.54) is 0 Å². The number of hydrogen-bond acceptors (Lipinski definition) is 5. The number of amides is 1. The molecule has 0 aromatic heterocycles. The third kappa shape index (κ3) is 1.91. The van der Waals surface area contributed by atoms with Crippen LogP contribution in [0, 0.1) is 5.41 Å². The third-order valence-corrected chi connectivity index (χ3v) is 5.74. The van der Waals surface area contributed by atoms with Gasteiger partial charge in [0, 0.05) is 5.70 Å². The van der Waals surface area contributed by atoms with Gasteiger partial charge < -0.3 is 21.1 Å². The minimum absolute atomic E-state index is 0.158. The fourth-order valence-electron chi connectivity index (χ4n) is 4.77. The average molecular weight is 341 g/mol. The largest absolute Gasteiger partial charge is 0.462 e. The lowest BCUT2D eigenvalue weighted by molar-refractivity contribution is -0.152. The van der Waals surface area contributed by atoms with Crippen LogP contribution in [0.15, 0.2) is 47.0 Å². The molecule has 0 aromatic rings. The fourth-order valence-corrected chi connectivity index (χ4v) is 4.77. The van der Waals surface area contributed by atoms with Gasteiger partial charge in [-0.1, -0.05) is 24.3 Å². The molecule has 1 amide bonds. The van der Waals surface area contributed by atoms with E-state index in [1.54, 1.807) is 6.92 Å². The molecule has 2 unspecified atom stereocenters. The van der Waals surface area contributed by atoms with Crippen LogP contribution in [0.2, 0.25) is 0 Å². The van der Waals surface area contributed by atoms with E-state index in [9.17, 15) is 9.59 Å². The van der Waals surface area contributed by atoms with Gasteiger partial charge in [0.05, 0.1) is 17.7 Å². The van der Waals surface area contributed by atoms with Crippen molar-refractivity contribution in [2.24, 2.45) is 11.1 Å². The van der Waals surface area contributed by atoms with Crippen molar-refractivity contribution in [3.63, 3.8) is 0 Å². The highest BCUT2D eigenvalue weighted by Gasteiger charge is 2.71. The fraction of sp³-hybridized carbons (Fsp3) is 0.474. The number of carbonyl (C=O) groups excluding carboxylic acids is 2. The van der Waals surface area contributed by atoms with Gasteiger partial charge in [-0.15, -0.1) is 0 Å². The number of allylic oxidation sites excluding steroid dienone is 3. The zero-order valence-electron chi connectivity index (χ0n) is 14.4. The maximum atomic E-state index is 13.1. The van der Waals surface area contributed by atoms with Crippen molar-refractivity contribution in [3.8, 4) is 0 Å². The van der Waals surface area contributed by atoms with E-state index in [0.29, 0.717) is 6.42 Å². The molecule has 4 N–H and O–H groups in total. The molecule has 0 bridgehead atoms. The quantitative estimate of drug-likeness (QED) is 0.523. The molecule has 2 aliphatic heterocycles. The first-order valence-corrected chi connectivity index (χ1v) is 8.90. The van der Waals surface area contributed by atoms with Crippen LogP contribution in [-0.4, -0.2) is 24.0 Å². The predicted molar refractivity (Wildman–Crippen MR) is 92.7 cm³/mol. The van der Waals surface area contributed by atoms with Crippen LogP contribution in [0.5, 0.6) is 0 Å². The second-order valence-corrected chi connectivity index (χ2v) is 6.97. The molecule has 2 aliphatic carbocycles. The van der Waals surface area contributed by atoms with Gasteiger partial charge in [0.2, 0.25) is 5.91 Å². The Morgan fingerprint density at radius 2 is 2.12 bits per heavy atom. The number of carbonyl (C=O) groups is 2. The van der Waals surface area contributed by atoms with E-state index >= 15 is 0 Å². The van der Waals surface area contributed by atoms with E-state index < -0.39 is 16.9 Å². The monoisotopic (exact) mass is 341 g/mol. The summed E-state index contributed by atoms with van der Waals surface area (Å²) in [5, 5.41) is 6.25. The average Bonchev–Trinajstić information content (AvgIpc) is 2.61. The highest BCUT2D eigenvalue weighted by Crippen LogP contribution is 2.59. The molecule has 4 aliphatic rings. The highest BCUT2D eigenvalue weighted by atomic mass is 16.5. The van der Waals surface area contributed by atoms with Gasteiger partial charge in [0.1, 0.15) is 11.2 Å². The SMILES string of the molecule is CCOC(=O)C1=C(N)NC2=C(CCCC2)C12C(=O)NC21C=CC=CC1. The first-order chi connectivity index (χ1) is 12.1. The maximum Gasteiger partial charge on any atom is 0.339 e. The molecule has 1 saturated heterocycles. The number of hydrogen-bond donors (Lipinski definition) is 3. The Kier molecular flexibility index (Phi) is 3.52. The van der Waals surface area contributed by atoms with Gasteiger partial charge in [-0.2, -0.15) is 0 Å². The molecule has 2 atom stereocenters. The van der Waals surface area contributed by atoms with Crippen LogP contribution in [-0.2, 0) is 14.3 Å². The lowest BCUT2D eigenvalue weighted by Crippen LogP contribution is -2.79. The van der Waals surface area contributed by atoms with E-state index in [-0.39, 0.29) is 23.9 Å². The summed E-state index contributed by atoms with van der Waals surface area (Å²) in [5.74, 6) is -0.424. The second kappa shape index (κ2) is 5.51. The summed E-state index contributed by atoms with van der Waals surface area (Å²) < 4.78 is 5.28. The van der Waals surface area contributed by atoms with Crippen LogP contribution in [0.25, 0.3) is 0 Å². The van der Waals surface area contributed by atoms with Gasteiger partial charge in [-0.05, 0) is 44.6 Å². The van der Waals surface area contributed by atoms with E-state index in [2.05, 4.69) is 10.6 Å². The molecule has 6 nitrogen and oxygen atoms in total. The molecule has 4 rings (SSSR count). The molecule has 0 saturated carbocycles. The van der Waals surface area contributed by atoms with Crippen LogP contribution < -0.4 is 16.4 Å². The van der Waals surface area contributed by atoms with Gasteiger partial charge >= 0.3 is 5.97 Å². The Morgan fingerprint density at radius 1 is 1.32 bits per heavy atom. The third-order valence-electron chi connectivity index (χ3n) is 5.74. The molecule has 25 heavy (non-hydrogen) atoms. The standard InChI is InChI=1S/C19H23N3O3/c1-2-25-16(23)14-15(20)21-13-9-5-4-8-12(13)19(14)17(24)22-18(19)10-6-3-7-11-18/h3,6-7,10,21H,2,4-5,8-9,11,20H2,1H3,(H,22,24). The zero-order valence-corrected chi connectivity index (χ0v) is 14.4. The number of β-lactam (4-membered cyclic amide) rings is 1. The second-order valence-electron chi connectivity index (χ2n) is 6.97. The summed E-state index contributed by atoms with van der Waals surface area (Å²) in [6, 6.07) is 0. The summed E-state index contributed by atoms with van der Waals surface area (Å²) in [4.78, 5) is 25.9. The lowest BCUT2D eigenvalue weighted by Gasteiger charge is -2.61. The Bertz CT molecular complexity index is 773. The molecule has 0 radical (unpaired) electrons. The number of ether oxygens (including phenoxy) is 1. The summed E-state index contributed by atoms with van der Waals surface area (Å²) in [5.41, 5.74) is 6.81. The molecular formula is C19H23N3O3. The molecular weight excluding hydrogens is 318 g/mol. The molecule has 0 aromatic carbocycles. The van der Waals surface area contributed by atoms with Crippen molar-refractivity contribution in [1.82, 2.24) is 10.6 Å². The lowest BCUT2D eigenvalue weighted by atomic mass is 9.50. The van der Waals surface area contributed by atoms with Crippen LogP contribution in [0.3, 0.4) is 0 Å². The minimum Gasteiger partial charge on any atom is -0.462 e. The molecule has 6 heteroatoms. The predicted octanol–water partition coefficient (Wildman–Crippen LogP) is 1.52. The summed E-state index contributed by atoms with van der Waals surface area (Å²) in [6.45, 7) is 1.99. The van der Waals surface area contributed by atoms with E-state index in [0.717, 1.165) is 37.0 Å². The van der Waals surface area contributed by atoms with Crippen LogP contribution in [0.4, 0.5) is 0 Å². The first kappa shape index (κ1) is 16.0. The zero-order chi connectivity index (χ0) is 17.7. The van der Waals surface area contributed by atoms with Crippen molar-refractivity contribution >= 4 is 11.9 Å². The number of rotatable bonds is 2. The van der Waals surface area contributed by atoms with Gasteiger partial charge in [-0.3, -0.25) is 4.79 Å². The number of esters is 1. The number of nitrogens with one attached hydrogen (secondary N) is 2. The minimum atomic E-state index is -1.06. The Morgan fingerprint density at radius 3 is 2.80 bits per heavy atom. The number of dihydropyridines is 1. The number of fused-ring (bicyclic) bond motifs is 2. The Labute approximate surface area is 146 Å². The summed E-state index contributed by atoms with van der Waals surface area (Å²) in [7, 11) is 0. The first-order valence-electron chi connectivity index (χ1n) is 8.90. The van der Waals surface area contributed by atoms with Gasteiger partial charge in [0.15, 0.2) is 0 Å². The Balaban J connectivity index is 1.95. The summed E-state index contributed by atoms with van der Waals surface area (Å²) in [6.07, 6.45) is 12.2. The van der Waals surface area contributed by atoms with Gasteiger partial charge in [-0.25, -0.2) is 4.79 Å². The van der Waals surface area contributed by atoms with Crippen molar-refractivity contribution in [2.45, 2.75) is 44.6 Å². The topological polar surface area (TPSA) is 93.4 Å². The van der Waals surface area contributed by atoms with Crippen molar-refractivity contribution in [1.29, 1.82) is 0 Å². The van der Waals surface area contributed by atoms with Crippen LogP contribution >= 0.6 is 0 Å². The van der Waals surface area contributed by atoms with Crippen molar-refractivity contribution in [3.05, 3.63) is 47.0 Å². The molecule has 132 valence electrons. The van der Waals surface area contributed by atoms with E-state index in [4.69, 9.17) is 10.5 Å². The van der Waals surface area contributed by atoms with E-state index in [1.807, 2.05) is 24.3 Å². The highest BCUT2D eigenvalue weighted by molar-refractivity contribution is 6.09.